The van der Waals surface area contributed by atoms with Gasteiger partial charge in [-0.05, 0) is 57.3 Å². The van der Waals surface area contributed by atoms with Crippen LogP contribution in [0.2, 0.25) is 0 Å². The minimum atomic E-state index is 0. The highest BCUT2D eigenvalue weighted by atomic mass is 35.5. The predicted molar refractivity (Wildman–Crippen MR) is 90.0 cm³/mol. The summed E-state index contributed by atoms with van der Waals surface area (Å²) in [6.45, 7) is 4.53. The molecule has 1 saturated heterocycles. The van der Waals surface area contributed by atoms with E-state index in [4.69, 9.17) is 10.5 Å². The minimum Gasteiger partial charge on any atom is -0.376 e. The Morgan fingerprint density at radius 2 is 1.86 bits per heavy atom. The molecule has 1 aliphatic heterocycles. The Morgan fingerprint density at radius 1 is 1.18 bits per heavy atom. The summed E-state index contributed by atoms with van der Waals surface area (Å²) >= 11 is 0. The summed E-state index contributed by atoms with van der Waals surface area (Å²) in [5.74, 6) is 1.72. The molecule has 128 valence electrons. The van der Waals surface area contributed by atoms with Crippen molar-refractivity contribution < 1.29 is 9.53 Å². The van der Waals surface area contributed by atoms with E-state index in [2.05, 4.69) is 6.92 Å². The molecule has 5 heteroatoms. The summed E-state index contributed by atoms with van der Waals surface area (Å²) in [7, 11) is 0. The number of nitrogens with two attached hydrogens (primary N) is 1. The molecular formula is C17H31ClN2O2. The van der Waals surface area contributed by atoms with Crippen LogP contribution in [-0.2, 0) is 9.53 Å². The number of nitrogens with zero attached hydrogens (tertiary/aromatic N) is 1. The smallest absolute Gasteiger partial charge is 0.225 e. The summed E-state index contributed by atoms with van der Waals surface area (Å²) in [4.78, 5) is 14.9. The molecule has 0 aromatic carbocycles. The molecule has 2 saturated carbocycles. The third-order valence-electron chi connectivity index (χ3n) is 5.90. The van der Waals surface area contributed by atoms with Gasteiger partial charge in [-0.3, -0.25) is 4.79 Å². The van der Waals surface area contributed by atoms with E-state index in [1.807, 2.05) is 4.90 Å². The van der Waals surface area contributed by atoms with Crippen molar-refractivity contribution in [1.82, 2.24) is 4.90 Å². The summed E-state index contributed by atoms with van der Waals surface area (Å²) in [6.07, 6.45) is 8.27. The number of amides is 1. The van der Waals surface area contributed by atoms with E-state index < -0.39 is 0 Å². The van der Waals surface area contributed by atoms with Crippen molar-refractivity contribution >= 4 is 18.3 Å². The fourth-order valence-electron chi connectivity index (χ4n) is 4.66. The number of likely N-dealkylation sites (N-methyl/N-ethyl adjacent to an activating group) is 1. The Kier molecular flexibility index (Phi) is 6.54. The summed E-state index contributed by atoms with van der Waals surface area (Å²) in [6, 6.07) is 0.344. The first-order chi connectivity index (χ1) is 10.2. The Labute approximate surface area is 140 Å². The second-order valence-corrected chi connectivity index (χ2v) is 7.21. The molecule has 2 aliphatic carbocycles. The van der Waals surface area contributed by atoms with E-state index in [0.29, 0.717) is 23.8 Å². The van der Waals surface area contributed by atoms with Crippen LogP contribution in [0.1, 0.15) is 51.9 Å². The van der Waals surface area contributed by atoms with Gasteiger partial charge in [0.25, 0.3) is 0 Å². The molecule has 2 N–H and O–H groups in total. The molecule has 3 atom stereocenters. The molecule has 3 unspecified atom stereocenters. The van der Waals surface area contributed by atoms with E-state index >= 15 is 0 Å². The molecule has 4 nitrogen and oxygen atoms in total. The Hall–Kier alpha value is -0.320. The van der Waals surface area contributed by atoms with Crippen molar-refractivity contribution in [2.24, 2.45) is 23.5 Å². The highest BCUT2D eigenvalue weighted by Gasteiger charge is 2.41. The Balaban J connectivity index is 0.00000176. The SMILES string of the molecule is CCN(CC1CCCO1)C(=O)C1CC2CCCC(C1)C2N.Cl. The molecular weight excluding hydrogens is 300 g/mol. The van der Waals surface area contributed by atoms with Crippen LogP contribution in [0, 0.1) is 17.8 Å². The van der Waals surface area contributed by atoms with Gasteiger partial charge in [0.05, 0.1) is 6.10 Å². The van der Waals surface area contributed by atoms with Gasteiger partial charge in [0.15, 0.2) is 0 Å². The Bertz CT molecular complexity index is 360. The van der Waals surface area contributed by atoms with Crippen LogP contribution in [0.4, 0.5) is 0 Å². The molecule has 3 rings (SSSR count). The highest BCUT2D eigenvalue weighted by Crippen LogP contribution is 2.42. The van der Waals surface area contributed by atoms with E-state index in [9.17, 15) is 4.79 Å². The standard InChI is InChI=1S/C17H30N2O2.ClH/c1-2-19(11-15-7-4-8-21-15)17(20)14-9-12-5-3-6-13(10-14)16(12)18;/h12-16H,2-11,18H2,1H3;1H. The zero-order valence-electron chi connectivity index (χ0n) is 13.7. The van der Waals surface area contributed by atoms with E-state index in [1.165, 1.54) is 19.3 Å². The van der Waals surface area contributed by atoms with Crippen LogP contribution in [0.15, 0.2) is 0 Å². The number of rotatable bonds is 4. The second kappa shape index (κ2) is 7.98. The van der Waals surface area contributed by atoms with Crippen LogP contribution in [0.25, 0.3) is 0 Å². The van der Waals surface area contributed by atoms with Gasteiger partial charge in [0.1, 0.15) is 0 Å². The third-order valence-corrected chi connectivity index (χ3v) is 5.90. The molecule has 2 bridgehead atoms. The molecule has 0 spiro atoms. The number of hydrogen-bond donors (Lipinski definition) is 1. The number of carbonyl (C=O) groups excluding carboxylic acids is 1. The first kappa shape index (κ1) is 18.0. The number of halogens is 1. The zero-order chi connectivity index (χ0) is 14.8. The summed E-state index contributed by atoms with van der Waals surface area (Å²) in [5, 5.41) is 0. The molecule has 3 fully saturated rings. The maximum atomic E-state index is 12.9. The second-order valence-electron chi connectivity index (χ2n) is 7.21. The van der Waals surface area contributed by atoms with Crippen molar-refractivity contribution in [2.45, 2.75) is 64.0 Å². The number of fused-ring (bicyclic) bond motifs is 2. The molecule has 0 aromatic rings. The number of hydrogen-bond acceptors (Lipinski definition) is 3. The normalized spacial score (nSPS) is 37.5. The lowest BCUT2D eigenvalue weighted by molar-refractivity contribution is -0.140. The summed E-state index contributed by atoms with van der Waals surface area (Å²) in [5.41, 5.74) is 6.34. The number of ether oxygens (including phenoxy) is 1. The lowest BCUT2D eigenvalue weighted by atomic mass is 9.65. The first-order valence-corrected chi connectivity index (χ1v) is 8.85. The maximum absolute atomic E-state index is 12.9. The van der Waals surface area contributed by atoms with Crippen molar-refractivity contribution in [3.8, 4) is 0 Å². The molecule has 1 amide bonds. The van der Waals surface area contributed by atoms with Gasteiger partial charge >= 0.3 is 0 Å². The molecule has 0 radical (unpaired) electrons. The largest absolute Gasteiger partial charge is 0.376 e. The lowest BCUT2D eigenvalue weighted by Gasteiger charge is -2.44. The van der Waals surface area contributed by atoms with Gasteiger partial charge in [-0.25, -0.2) is 0 Å². The van der Waals surface area contributed by atoms with E-state index in [1.54, 1.807) is 0 Å². The van der Waals surface area contributed by atoms with Crippen molar-refractivity contribution in [2.75, 3.05) is 19.7 Å². The van der Waals surface area contributed by atoms with Gasteiger partial charge < -0.3 is 15.4 Å². The first-order valence-electron chi connectivity index (χ1n) is 8.85. The number of carbonyl (C=O) groups is 1. The van der Waals surface area contributed by atoms with Crippen LogP contribution >= 0.6 is 12.4 Å². The van der Waals surface area contributed by atoms with Gasteiger partial charge in [0, 0.05) is 31.7 Å². The third kappa shape index (κ3) is 3.77. The van der Waals surface area contributed by atoms with Crippen LogP contribution in [0.5, 0.6) is 0 Å². The summed E-state index contributed by atoms with van der Waals surface area (Å²) < 4.78 is 5.70. The van der Waals surface area contributed by atoms with Crippen LogP contribution in [0.3, 0.4) is 0 Å². The maximum Gasteiger partial charge on any atom is 0.225 e. The van der Waals surface area contributed by atoms with Crippen LogP contribution in [-0.4, -0.2) is 42.6 Å². The van der Waals surface area contributed by atoms with E-state index in [-0.39, 0.29) is 24.4 Å². The van der Waals surface area contributed by atoms with Gasteiger partial charge in [-0.2, -0.15) is 0 Å². The molecule has 3 aliphatic rings. The zero-order valence-corrected chi connectivity index (χ0v) is 14.5. The topological polar surface area (TPSA) is 55.6 Å². The molecule has 1 heterocycles. The minimum absolute atomic E-state index is 0. The quantitative estimate of drug-likeness (QED) is 0.862. The van der Waals surface area contributed by atoms with Crippen molar-refractivity contribution in [3.63, 3.8) is 0 Å². The van der Waals surface area contributed by atoms with Crippen LogP contribution < -0.4 is 5.73 Å². The monoisotopic (exact) mass is 330 g/mol. The highest BCUT2D eigenvalue weighted by molar-refractivity contribution is 5.85. The van der Waals surface area contributed by atoms with Gasteiger partial charge in [-0.15, -0.1) is 12.4 Å². The fraction of sp³-hybridized carbons (Fsp3) is 0.941. The van der Waals surface area contributed by atoms with Crippen molar-refractivity contribution in [3.05, 3.63) is 0 Å². The predicted octanol–water partition coefficient (Wildman–Crippen LogP) is 2.59. The average Bonchev–Trinajstić information content (AvgIpc) is 2.96. The lowest BCUT2D eigenvalue weighted by Crippen LogP contribution is -2.50. The van der Waals surface area contributed by atoms with Gasteiger partial charge in [-0.1, -0.05) is 6.42 Å². The van der Waals surface area contributed by atoms with Crippen molar-refractivity contribution in [1.29, 1.82) is 0 Å². The van der Waals surface area contributed by atoms with Gasteiger partial charge in [0.2, 0.25) is 5.91 Å². The average molecular weight is 331 g/mol. The Morgan fingerprint density at radius 3 is 2.41 bits per heavy atom. The fourth-order valence-corrected chi connectivity index (χ4v) is 4.66. The molecule has 0 aromatic heterocycles. The molecule has 22 heavy (non-hydrogen) atoms. The van der Waals surface area contributed by atoms with E-state index in [0.717, 1.165) is 45.4 Å².